The van der Waals surface area contributed by atoms with Crippen molar-refractivity contribution in [2.45, 2.75) is 25.0 Å². The van der Waals surface area contributed by atoms with Crippen molar-refractivity contribution in [3.8, 4) is 23.0 Å². The number of carbonyl (C=O) groups is 2. The van der Waals surface area contributed by atoms with Gasteiger partial charge in [-0.25, -0.2) is 0 Å². The van der Waals surface area contributed by atoms with E-state index in [2.05, 4.69) is 10.2 Å². The number of piperazine rings is 1. The molecule has 1 fully saturated rings. The lowest BCUT2D eigenvalue weighted by molar-refractivity contribution is -0.142. The van der Waals surface area contributed by atoms with Gasteiger partial charge in [-0.05, 0) is 61.9 Å². The van der Waals surface area contributed by atoms with Crippen molar-refractivity contribution in [2.75, 3.05) is 32.0 Å². The number of thioether (sulfide) groups is 1. The van der Waals surface area contributed by atoms with Crippen LogP contribution in [0.25, 0.3) is 17.3 Å². The monoisotopic (exact) mass is 565 g/mol. The number of ether oxygens (including phenoxy) is 1. The number of furan rings is 1. The molecule has 1 unspecified atom stereocenters. The van der Waals surface area contributed by atoms with E-state index in [9.17, 15) is 9.59 Å². The lowest BCUT2D eigenvalue weighted by Gasteiger charge is -2.39. The molecular weight excluding hydrogens is 538 g/mol. The van der Waals surface area contributed by atoms with Crippen LogP contribution in [-0.4, -0.2) is 74.4 Å². The fourth-order valence-electron chi connectivity index (χ4n) is 4.49. The zero-order chi connectivity index (χ0) is 27.4. The van der Waals surface area contributed by atoms with Gasteiger partial charge in [0.25, 0.3) is 5.91 Å². The zero-order valence-corrected chi connectivity index (χ0v) is 23.2. The topological polar surface area (TPSA) is 93.7 Å². The van der Waals surface area contributed by atoms with Gasteiger partial charge in [0.1, 0.15) is 5.75 Å². The normalized spacial score (nSPS) is 15.4. The van der Waals surface area contributed by atoms with Gasteiger partial charge in [0, 0.05) is 30.7 Å². The Morgan fingerprint density at radius 1 is 1.05 bits per heavy atom. The summed E-state index contributed by atoms with van der Waals surface area (Å²) in [4.78, 5) is 29.5. The standard InChI is InChI=1S/C28H28ClN5O4S/c1-19-6-3-4-7-23(19)34-27(24-8-5-15-37-24)30-31-28(34)39-18-26(36)32-13-14-33(20(2)16-32)25(35)17-38-22-11-9-21(29)10-12-22/h3-12,15,20H,13-14,16-18H2,1-2H3. The molecule has 5 rings (SSSR count). The Morgan fingerprint density at radius 2 is 1.85 bits per heavy atom. The SMILES string of the molecule is Cc1ccccc1-n1c(SCC(=O)N2CCN(C(=O)COc3ccc(Cl)cc3)C(C)C2)nnc1-c1ccco1. The molecule has 9 nitrogen and oxygen atoms in total. The van der Waals surface area contributed by atoms with Crippen molar-refractivity contribution < 1.29 is 18.7 Å². The molecule has 0 saturated carbocycles. The average molecular weight is 566 g/mol. The largest absolute Gasteiger partial charge is 0.484 e. The summed E-state index contributed by atoms with van der Waals surface area (Å²) in [7, 11) is 0. The van der Waals surface area contributed by atoms with Crippen LogP contribution < -0.4 is 4.74 Å². The van der Waals surface area contributed by atoms with E-state index in [0.717, 1.165) is 11.3 Å². The predicted octanol–water partition coefficient (Wildman–Crippen LogP) is 4.72. The first-order valence-corrected chi connectivity index (χ1v) is 13.9. The molecule has 3 heterocycles. The van der Waals surface area contributed by atoms with Gasteiger partial charge in [0.15, 0.2) is 17.5 Å². The molecular formula is C28H28ClN5O4S. The van der Waals surface area contributed by atoms with Crippen LogP contribution in [0.4, 0.5) is 0 Å². The maximum Gasteiger partial charge on any atom is 0.260 e. The predicted molar refractivity (Wildman–Crippen MR) is 149 cm³/mol. The van der Waals surface area contributed by atoms with Crippen molar-refractivity contribution >= 4 is 35.2 Å². The molecule has 0 aliphatic carbocycles. The molecule has 11 heteroatoms. The lowest BCUT2D eigenvalue weighted by atomic mass is 10.2. The van der Waals surface area contributed by atoms with Crippen LogP contribution in [0.15, 0.2) is 76.5 Å². The first kappa shape index (κ1) is 26.8. The smallest absolute Gasteiger partial charge is 0.260 e. The van der Waals surface area contributed by atoms with Crippen molar-refractivity contribution in [1.29, 1.82) is 0 Å². The highest BCUT2D eigenvalue weighted by molar-refractivity contribution is 7.99. The molecule has 4 aromatic rings. The summed E-state index contributed by atoms with van der Waals surface area (Å²) in [6.07, 6.45) is 1.60. The van der Waals surface area contributed by atoms with E-state index in [0.29, 0.717) is 47.1 Å². The molecule has 0 N–H and O–H groups in total. The number of benzene rings is 2. The molecule has 202 valence electrons. The van der Waals surface area contributed by atoms with Crippen LogP contribution in [0.5, 0.6) is 5.75 Å². The average Bonchev–Trinajstić information content (AvgIpc) is 3.62. The van der Waals surface area contributed by atoms with E-state index in [1.165, 1.54) is 11.8 Å². The van der Waals surface area contributed by atoms with Crippen LogP contribution in [0, 0.1) is 6.92 Å². The summed E-state index contributed by atoms with van der Waals surface area (Å²) in [5.41, 5.74) is 1.97. The van der Waals surface area contributed by atoms with E-state index in [1.54, 1.807) is 46.4 Å². The van der Waals surface area contributed by atoms with Crippen LogP contribution in [0.3, 0.4) is 0 Å². The molecule has 0 radical (unpaired) electrons. The summed E-state index contributed by atoms with van der Waals surface area (Å²) in [5, 5.41) is 9.95. The Hall–Kier alpha value is -3.76. The summed E-state index contributed by atoms with van der Waals surface area (Å²) in [6, 6.07) is 18.3. The number of aromatic nitrogens is 3. The van der Waals surface area contributed by atoms with Crippen molar-refractivity contribution in [1.82, 2.24) is 24.6 Å². The Balaban J connectivity index is 1.20. The Kier molecular flexibility index (Phi) is 8.23. The number of para-hydroxylation sites is 1. The van der Waals surface area contributed by atoms with Gasteiger partial charge < -0.3 is 19.0 Å². The molecule has 1 atom stereocenters. The first-order chi connectivity index (χ1) is 18.9. The fraction of sp³-hybridized carbons (Fsp3) is 0.286. The highest BCUT2D eigenvalue weighted by Gasteiger charge is 2.30. The number of nitrogens with zero attached hydrogens (tertiary/aromatic N) is 5. The number of amides is 2. The number of aryl methyl sites for hydroxylation is 1. The minimum absolute atomic E-state index is 0.0183. The van der Waals surface area contributed by atoms with E-state index < -0.39 is 0 Å². The molecule has 39 heavy (non-hydrogen) atoms. The summed E-state index contributed by atoms with van der Waals surface area (Å²) >= 11 is 7.23. The quantitative estimate of drug-likeness (QED) is 0.285. The van der Waals surface area contributed by atoms with Crippen LogP contribution in [0.1, 0.15) is 12.5 Å². The zero-order valence-electron chi connectivity index (χ0n) is 21.6. The van der Waals surface area contributed by atoms with Gasteiger partial charge in [0.05, 0.1) is 17.7 Å². The van der Waals surface area contributed by atoms with Crippen molar-refractivity contribution in [3.05, 3.63) is 77.5 Å². The molecule has 0 spiro atoms. The van der Waals surface area contributed by atoms with E-state index in [1.807, 2.05) is 48.7 Å². The molecule has 0 bridgehead atoms. The minimum atomic E-state index is -0.129. The van der Waals surface area contributed by atoms with Gasteiger partial charge in [-0.2, -0.15) is 0 Å². The minimum Gasteiger partial charge on any atom is -0.484 e. The molecule has 1 saturated heterocycles. The maximum absolute atomic E-state index is 13.2. The van der Waals surface area contributed by atoms with Gasteiger partial charge >= 0.3 is 0 Å². The third-order valence-corrected chi connectivity index (χ3v) is 7.70. The fourth-order valence-corrected chi connectivity index (χ4v) is 5.46. The van der Waals surface area contributed by atoms with Gasteiger partial charge in [0.2, 0.25) is 11.7 Å². The van der Waals surface area contributed by atoms with E-state index in [4.69, 9.17) is 20.8 Å². The lowest BCUT2D eigenvalue weighted by Crippen LogP contribution is -2.56. The van der Waals surface area contributed by atoms with Gasteiger partial charge in [-0.1, -0.05) is 41.6 Å². The van der Waals surface area contributed by atoms with E-state index in [-0.39, 0.29) is 30.2 Å². The summed E-state index contributed by atoms with van der Waals surface area (Å²) < 4.78 is 13.1. The molecule has 2 aromatic heterocycles. The van der Waals surface area contributed by atoms with Gasteiger partial charge in [-0.15, -0.1) is 10.2 Å². The summed E-state index contributed by atoms with van der Waals surface area (Å²) in [5.74, 6) is 1.82. The van der Waals surface area contributed by atoms with Crippen molar-refractivity contribution in [3.63, 3.8) is 0 Å². The number of halogens is 1. The maximum atomic E-state index is 13.2. The molecule has 2 aromatic carbocycles. The second kappa shape index (κ2) is 12.0. The molecule has 2 amide bonds. The number of hydrogen-bond acceptors (Lipinski definition) is 7. The highest BCUT2D eigenvalue weighted by atomic mass is 35.5. The van der Waals surface area contributed by atoms with Crippen LogP contribution >= 0.6 is 23.4 Å². The second-order valence-electron chi connectivity index (χ2n) is 9.21. The van der Waals surface area contributed by atoms with Gasteiger partial charge in [-0.3, -0.25) is 14.2 Å². The third kappa shape index (κ3) is 6.12. The van der Waals surface area contributed by atoms with Crippen LogP contribution in [-0.2, 0) is 9.59 Å². The van der Waals surface area contributed by atoms with E-state index >= 15 is 0 Å². The molecule has 1 aliphatic heterocycles. The first-order valence-electron chi connectivity index (χ1n) is 12.5. The molecule has 1 aliphatic rings. The van der Waals surface area contributed by atoms with Crippen molar-refractivity contribution in [2.24, 2.45) is 0 Å². The van der Waals surface area contributed by atoms with Crippen LogP contribution in [0.2, 0.25) is 5.02 Å². The third-order valence-electron chi connectivity index (χ3n) is 6.53. The highest BCUT2D eigenvalue weighted by Crippen LogP contribution is 2.30. The number of rotatable bonds is 8. The summed E-state index contributed by atoms with van der Waals surface area (Å²) in [6.45, 7) is 5.25. The second-order valence-corrected chi connectivity index (χ2v) is 10.6. The number of hydrogen-bond donors (Lipinski definition) is 0. The number of carbonyl (C=O) groups excluding carboxylic acids is 2. The Morgan fingerprint density at radius 3 is 2.56 bits per heavy atom. The Bertz CT molecular complexity index is 1440. The Labute approximate surface area is 235 Å².